The van der Waals surface area contributed by atoms with Gasteiger partial charge in [0, 0.05) is 18.2 Å². The van der Waals surface area contributed by atoms with Gasteiger partial charge in [0.05, 0.1) is 24.7 Å². The van der Waals surface area contributed by atoms with E-state index in [0.29, 0.717) is 12.1 Å². The predicted molar refractivity (Wildman–Crippen MR) is 75.7 cm³/mol. The Balaban J connectivity index is 2.69. The van der Waals surface area contributed by atoms with Crippen molar-refractivity contribution < 1.29 is 19.2 Å². The number of aromatic nitrogens is 3. The van der Waals surface area contributed by atoms with Crippen LogP contribution in [-0.2, 0) is 11.3 Å². The van der Waals surface area contributed by atoms with Crippen molar-refractivity contribution >= 4 is 11.7 Å². The van der Waals surface area contributed by atoms with Crippen LogP contribution in [0.5, 0.6) is 5.75 Å². The molecule has 0 aliphatic carbocycles. The topological polar surface area (TPSA) is 109 Å². The molecule has 1 aromatic heterocycles. The van der Waals surface area contributed by atoms with E-state index < -0.39 is 10.9 Å². The van der Waals surface area contributed by atoms with Crippen LogP contribution in [0.2, 0.25) is 0 Å². The van der Waals surface area contributed by atoms with Crippen LogP contribution < -0.4 is 4.74 Å². The Kier molecular flexibility index (Phi) is 4.35. The third-order valence-electron chi connectivity index (χ3n) is 3.02. The van der Waals surface area contributed by atoms with E-state index in [1.54, 1.807) is 4.68 Å². The molecule has 0 saturated heterocycles. The first kappa shape index (κ1) is 15.4. The Morgan fingerprint density at radius 3 is 2.64 bits per heavy atom. The highest BCUT2D eigenvalue weighted by atomic mass is 16.6. The van der Waals surface area contributed by atoms with Gasteiger partial charge >= 0.3 is 11.7 Å². The lowest BCUT2D eigenvalue weighted by molar-refractivity contribution is -0.385. The zero-order chi connectivity index (χ0) is 16.3. The zero-order valence-corrected chi connectivity index (χ0v) is 12.3. The molecule has 9 nitrogen and oxygen atoms in total. The summed E-state index contributed by atoms with van der Waals surface area (Å²) in [5.41, 5.74) is -0.0214. The number of aryl methyl sites for hydroxylation is 1. The highest BCUT2D eigenvalue weighted by Crippen LogP contribution is 2.34. The van der Waals surface area contributed by atoms with Gasteiger partial charge in [-0.05, 0) is 13.0 Å². The molecule has 1 heterocycles. The van der Waals surface area contributed by atoms with E-state index in [0.717, 1.165) is 6.07 Å². The average Bonchev–Trinajstić information content (AvgIpc) is 3.01. The normalized spacial score (nSPS) is 10.3. The summed E-state index contributed by atoms with van der Waals surface area (Å²) in [6.07, 6.45) is 1.50. The molecule has 0 N–H and O–H groups in total. The van der Waals surface area contributed by atoms with Gasteiger partial charge in [-0.2, -0.15) is 5.10 Å². The van der Waals surface area contributed by atoms with Crippen LogP contribution in [-0.4, -0.2) is 39.9 Å². The number of rotatable bonds is 5. The Hall–Kier alpha value is -2.97. The monoisotopic (exact) mass is 306 g/mol. The molecule has 0 aliphatic rings. The maximum atomic E-state index is 11.9. The Bertz CT molecular complexity index is 725. The number of nitrogens with zero attached hydrogens (tertiary/aromatic N) is 4. The number of ether oxygens (including phenoxy) is 2. The minimum absolute atomic E-state index is 0.00357. The number of carbonyl (C=O) groups is 1. The first-order valence-corrected chi connectivity index (χ1v) is 6.36. The fraction of sp³-hybridized carbons (Fsp3) is 0.308. The second-order valence-corrected chi connectivity index (χ2v) is 4.24. The summed E-state index contributed by atoms with van der Waals surface area (Å²) in [6.45, 7) is 2.49. The van der Waals surface area contributed by atoms with Gasteiger partial charge < -0.3 is 9.47 Å². The third-order valence-corrected chi connectivity index (χ3v) is 3.02. The minimum atomic E-state index is -0.714. The van der Waals surface area contributed by atoms with Gasteiger partial charge in [0.15, 0.2) is 11.6 Å². The van der Waals surface area contributed by atoms with Crippen LogP contribution >= 0.6 is 0 Å². The summed E-state index contributed by atoms with van der Waals surface area (Å²) in [5.74, 6) is -0.440. The highest BCUT2D eigenvalue weighted by Gasteiger charge is 2.25. The zero-order valence-electron chi connectivity index (χ0n) is 12.3. The van der Waals surface area contributed by atoms with Gasteiger partial charge in [0.25, 0.3) is 0 Å². The van der Waals surface area contributed by atoms with Gasteiger partial charge in [0.1, 0.15) is 6.33 Å². The Morgan fingerprint density at radius 2 is 2.14 bits per heavy atom. The standard InChI is InChI=1S/C13H14N4O5/c1-4-16-7-14-12(15-16)8-6-11(21-2)10(17(19)20)5-9(8)13(18)22-3/h5-7H,4H2,1-3H3. The van der Waals surface area contributed by atoms with Crippen molar-refractivity contribution in [3.63, 3.8) is 0 Å². The molecule has 9 heteroatoms. The molecule has 0 bridgehead atoms. The molecule has 2 rings (SSSR count). The lowest BCUT2D eigenvalue weighted by atomic mass is 10.1. The summed E-state index contributed by atoms with van der Waals surface area (Å²) in [4.78, 5) is 26.5. The number of methoxy groups -OCH3 is 2. The molecule has 22 heavy (non-hydrogen) atoms. The maximum Gasteiger partial charge on any atom is 0.338 e. The first-order chi connectivity index (χ1) is 10.5. The molecule has 0 amide bonds. The van der Waals surface area contributed by atoms with E-state index in [2.05, 4.69) is 14.8 Å². The van der Waals surface area contributed by atoms with Gasteiger partial charge in [-0.3, -0.25) is 14.8 Å². The van der Waals surface area contributed by atoms with E-state index in [1.165, 1.54) is 26.6 Å². The van der Waals surface area contributed by atoms with Crippen molar-refractivity contribution in [3.05, 3.63) is 34.1 Å². The van der Waals surface area contributed by atoms with Crippen molar-refractivity contribution in [3.8, 4) is 17.1 Å². The smallest absolute Gasteiger partial charge is 0.338 e. The van der Waals surface area contributed by atoms with Crippen molar-refractivity contribution in [2.24, 2.45) is 0 Å². The molecule has 0 unspecified atom stereocenters. The largest absolute Gasteiger partial charge is 0.490 e. The number of hydrogen-bond acceptors (Lipinski definition) is 7. The van der Waals surface area contributed by atoms with Crippen molar-refractivity contribution in [1.29, 1.82) is 0 Å². The van der Waals surface area contributed by atoms with Crippen molar-refractivity contribution in [2.75, 3.05) is 14.2 Å². The van der Waals surface area contributed by atoms with Crippen LogP contribution in [0, 0.1) is 10.1 Å². The average molecular weight is 306 g/mol. The predicted octanol–water partition coefficient (Wildman–Crippen LogP) is 1.67. The second-order valence-electron chi connectivity index (χ2n) is 4.24. The molecule has 2 aromatic rings. The molecule has 0 spiro atoms. The van der Waals surface area contributed by atoms with E-state index in [1.807, 2.05) is 6.92 Å². The number of hydrogen-bond donors (Lipinski definition) is 0. The van der Waals surface area contributed by atoms with Crippen LogP contribution in [0.4, 0.5) is 5.69 Å². The van der Waals surface area contributed by atoms with Gasteiger partial charge in [0.2, 0.25) is 0 Å². The lowest BCUT2D eigenvalue weighted by Crippen LogP contribution is -2.07. The van der Waals surface area contributed by atoms with E-state index in [-0.39, 0.29) is 22.8 Å². The third kappa shape index (κ3) is 2.73. The quantitative estimate of drug-likeness (QED) is 0.469. The second kappa shape index (κ2) is 6.20. The maximum absolute atomic E-state index is 11.9. The van der Waals surface area contributed by atoms with Crippen molar-refractivity contribution in [1.82, 2.24) is 14.8 Å². The summed E-state index contributed by atoms with van der Waals surface area (Å²) in [5, 5.41) is 15.3. The summed E-state index contributed by atoms with van der Waals surface area (Å²) < 4.78 is 11.3. The molecular formula is C13H14N4O5. The minimum Gasteiger partial charge on any atom is -0.490 e. The van der Waals surface area contributed by atoms with E-state index in [9.17, 15) is 14.9 Å². The number of esters is 1. The molecule has 0 atom stereocenters. The SMILES string of the molecule is CCn1cnc(-c2cc(OC)c([N+](=O)[O-])cc2C(=O)OC)n1. The molecule has 0 fully saturated rings. The molecular weight excluding hydrogens is 292 g/mol. The van der Waals surface area contributed by atoms with E-state index >= 15 is 0 Å². The molecule has 1 aromatic carbocycles. The summed E-state index contributed by atoms with van der Waals surface area (Å²) >= 11 is 0. The number of carbonyl (C=O) groups excluding carboxylic acids is 1. The summed E-state index contributed by atoms with van der Waals surface area (Å²) in [7, 11) is 2.50. The number of benzene rings is 1. The molecule has 0 radical (unpaired) electrons. The Labute approximate surface area is 125 Å². The Morgan fingerprint density at radius 1 is 1.41 bits per heavy atom. The summed E-state index contributed by atoms with van der Waals surface area (Å²) in [6, 6.07) is 2.46. The number of nitro benzene ring substituents is 1. The lowest BCUT2D eigenvalue weighted by Gasteiger charge is -2.08. The molecule has 0 saturated carbocycles. The van der Waals surface area contributed by atoms with E-state index in [4.69, 9.17) is 4.74 Å². The number of nitro groups is 1. The fourth-order valence-electron chi connectivity index (χ4n) is 1.91. The molecule has 0 aliphatic heterocycles. The highest BCUT2D eigenvalue weighted by molar-refractivity contribution is 5.97. The van der Waals surface area contributed by atoms with Gasteiger partial charge in [-0.1, -0.05) is 0 Å². The van der Waals surface area contributed by atoms with Crippen LogP contribution in [0.25, 0.3) is 11.4 Å². The molecule has 116 valence electrons. The van der Waals surface area contributed by atoms with Crippen LogP contribution in [0.3, 0.4) is 0 Å². The van der Waals surface area contributed by atoms with Crippen LogP contribution in [0.1, 0.15) is 17.3 Å². The van der Waals surface area contributed by atoms with Crippen molar-refractivity contribution in [2.45, 2.75) is 13.5 Å². The fourth-order valence-corrected chi connectivity index (χ4v) is 1.91. The first-order valence-electron chi connectivity index (χ1n) is 6.36. The van der Waals surface area contributed by atoms with Gasteiger partial charge in [-0.15, -0.1) is 0 Å². The van der Waals surface area contributed by atoms with Gasteiger partial charge in [-0.25, -0.2) is 9.78 Å². The van der Waals surface area contributed by atoms with Crippen LogP contribution in [0.15, 0.2) is 18.5 Å².